The van der Waals surface area contributed by atoms with Crippen LogP contribution in [0, 0.1) is 23.7 Å². The Labute approximate surface area is 232 Å². The Morgan fingerprint density at radius 3 is 1.82 bits per heavy atom. The van der Waals surface area contributed by atoms with Gasteiger partial charge in [-0.3, -0.25) is 4.79 Å². The van der Waals surface area contributed by atoms with Crippen molar-refractivity contribution in [2.75, 3.05) is 56.8 Å². The molecule has 3 N–H and O–H groups in total. The van der Waals surface area contributed by atoms with Crippen LogP contribution in [-0.2, 0) is 34.0 Å². The summed E-state index contributed by atoms with van der Waals surface area (Å²) in [6.07, 6.45) is 6.97. The fraction of sp³-hybridized carbons (Fsp3) is 0.923. The van der Waals surface area contributed by atoms with Gasteiger partial charge in [0, 0.05) is 37.2 Å². The van der Waals surface area contributed by atoms with Crippen LogP contribution in [0.1, 0.15) is 74.1 Å². The lowest BCUT2D eigenvalue weighted by molar-refractivity contribution is -0.640. The number of unbranched alkanes of at least 4 members (excludes halogenated alkanes) is 2. The highest BCUT2D eigenvalue weighted by Gasteiger charge is 2.31. The largest absolute Gasteiger partial charge is 0.550 e. The number of sulfone groups is 2. The number of hydrogen-bond donors (Lipinski definition) is 2. The molecule has 38 heavy (non-hydrogen) atoms. The number of ether oxygens (including phenoxy) is 1. The van der Waals surface area contributed by atoms with Gasteiger partial charge in [-0.25, -0.2) is 16.8 Å². The lowest BCUT2D eigenvalue weighted by atomic mass is 9.96. The van der Waals surface area contributed by atoms with Crippen molar-refractivity contribution in [1.29, 1.82) is 0 Å². The standard InChI is InChI=1S/2C8H17NO2S.C8H14O4.2CH4/c2*1-3-7-4-9-5-8(7)6-12(2,10)11;1-7(9)12-6-4-2-3-5-8(10)11;;/h2*7-9H,3-6H2,1-2H3;2-6H2,1H3,(H,10,11);2*1H4. The highest BCUT2D eigenvalue weighted by Crippen LogP contribution is 2.21. The smallest absolute Gasteiger partial charge is 0.302 e. The van der Waals surface area contributed by atoms with E-state index in [1.54, 1.807) is 0 Å². The molecule has 0 bridgehead atoms. The van der Waals surface area contributed by atoms with Crippen LogP contribution in [0.3, 0.4) is 0 Å². The summed E-state index contributed by atoms with van der Waals surface area (Å²) in [6.45, 7) is 9.93. The minimum atomic E-state index is -2.79. The molecule has 4 unspecified atom stereocenters. The molecule has 4 atom stereocenters. The number of carboxylic acid groups (broad SMARTS) is 1. The van der Waals surface area contributed by atoms with E-state index in [1.807, 2.05) is 0 Å². The zero-order chi connectivity index (χ0) is 27.8. The second kappa shape index (κ2) is 21.6. The number of carbonyl (C=O) groups is 2. The number of nitrogens with one attached hydrogen (secondary N) is 1. The number of nitrogens with two attached hydrogens (primary N) is 1. The van der Waals surface area contributed by atoms with Crippen molar-refractivity contribution in [2.45, 2.75) is 74.1 Å². The van der Waals surface area contributed by atoms with Crippen LogP contribution in [0.5, 0.6) is 0 Å². The van der Waals surface area contributed by atoms with E-state index >= 15 is 0 Å². The molecular formula is C26H56N2O8S2. The van der Waals surface area contributed by atoms with Crippen LogP contribution in [0.25, 0.3) is 0 Å². The van der Waals surface area contributed by atoms with Crippen molar-refractivity contribution in [2.24, 2.45) is 23.7 Å². The van der Waals surface area contributed by atoms with Gasteiger partial charge in [0.05, 0.1) is 31.2 Å². The Morgan fingerprint density at radius 1 is 0.842 bits per heavy atom. The summed E-state index contributed by atoms with van der Waals surface area (Å²) in [5, 5.41) is 15.4. The van der Waals surface area contributed by atoms with E-state index < -0.39 is 25.6 Å². The van der Waals surface area contributed by atoms with Crippen molar-refractivity contribution in [1.82, 2.24) is 5.32 Å². The predicted molar refractivity (Wildman–Crippen MR) is 152 cm³/mol. The average molecular weight is 589 g/mol. The normalized spacial score (nSPS) is 22.4. The Kier molecular flexibility index (Phi) is 23.4. The molecule has 230 valence electrons. The summed E-state index contributed by atoms with van der Waals surface area (Å²) < 4.78 is 48.8. The first-order valence-electron chi connectivity index (χ1n) is 12.9. The zero-order valence-corrected chi connectivity index (χ0v) is 24.3. The van der Waals surface area contributed by atoms with Gasteiger partial charge in [0.15, 0.2) is 0 Å². The topological polar surface area (TPSA) is 163 Å². The van der Waals surface area contributed by atoms with Gasteiger partial charge in [0.2, 0.25) is 0 Å². The molecule has 10 nitrogen and oxygen atoms in total. The van der Waals surface area contributed by atoms with Crippen molar-refractivity contribution in [3.05, 3.63) is 0 Å². The van der Waals surface area contributed by atoms with Crippen molar-refractivity contribution >= 4 is 31.6 Å². The molecule has 0 amide bonds. The van der Waals surface area contributed by atoms with Crippen LogP contribution in [0.2, 0.25) is 0 Å². The summed E-state index contributed by atoms with van der Waals surface area (Å²) in [7, 11) is -5.56. The molecule has 0 aromatic heterocycles. The number of carboxylic acids is 1. The summed E-state index contributed by atoms with van der Waals surface area (Å²) in [5.74, 6) is 1.30. The summed E-state index contributed by atoms with van der Waals surface area (Å²) in [6, 6.07) is 0. The van der Waals surface area contributed by atoms with E-state index in [0.717, 1.165) is 45.4 Å². The van der Waals surface area contributed by atoms with Crippen LogP contribution >= 0.6 is 0 Å². The third kappa shape index (κ3) is 22.7. The number of esters is 1. The van der Waals surface area contributed by atoms with E-state index in [2.05, 4.69) is 29.2 Å². The molecule has 2 saturated heterocycles. The van der Waals surface area contributed by atoms with Gasteiger partial charge in [0.25, 0.3) is 0 Å². The first kappa shape index (κ1) is 41.2. The van der Waals surface area contributed by atoms with E-state index in [4.69, 9.17) is 0 Å². The minimum Gasteiger partial charge on any atom is -0.550 e. The minimum absolute atomic E-state index is 0. The van der Waals surface area contributed by atoms with Gasteiger partial charge in [-0.05, 0) is 57.0 Å². The fourth-order valence-corrected chi connectivity index (χ4v) is 6.97. The summed E-state index contributed by atoms with van der Waals surface area (Å²) in [4.78, 5) is 20.2. The van der Waals surface area contributed by atoms with E-state index in [0.29, 0.717) is 54.6 Å². The number of quaternary nitrogens is 1. The summed E-state index contributed by atoms with van der Waals surface area (Å²) >= 11 is 0. The third-order valence-electron chi connectivity index (χ3n) is 6.50. The molecule has 2 heterocycles. The Balaban J connectivity index is -0.000000471. The average Bonchev–Trinajstić information content (AvgIpc) is 3.37. The molecule has 0 saturated carbocycles. The maximum absolute atomic E-state index is 11.0. The molecule has 2 rings (SSSR count). The van der Waals surface area contributed by atoms with Crippen molar-refractivity contribution in [3.63, 3.8) is 0 Å². The van der Waals surface area contributed by atoms with Crippen LogP contribution in [0.15, 0.2) is 0 Å². The van der Waals surface area contributed by atoms with E-state index in [9.17, 15) is 31.5 Å². The van der Waals surface area contributed by atoms with E-state index in [-0.39, 0.29) is 27.2 Å². The quantitative estimate of drug-likeness (QED) is 0.246. The van der Waals surface area contributed by atoms with Crippen LogP contribution in [-0.4, -0.2) is 85.6 Å². The number of carbonyl (C=O) groups excluding carboxylic acids is 2. The molecule has 0 aliphatic carbocycles. The maximum atomic E-state index is 11.0. The molecule has 12 heteroatoms. The second-order valence-corrected chi connectivity index (χ2v) is 14.4. The lowest BCUT2D eigenvalue weighted by Gasteiger charge is -2.14. The Bertz CT molecular complexity index is 777. The molecule has 2 aliphatic rings. The molecule has 2 fully saturated rings. The predicted octanol–water partition coefficient (Wildman–Crippen LogP) is 0.659. The van der Waals surface area contributed by atoms with Gasteiger partial charge in [-0.15, -0.1) is 0 Å². The Morgan fingerprint density at radius 2 is 1.34 bits per heavy atom. The number of aliphatic carboxylic acids is 1. The monoisotopic (exact) mass is 588 g/mol. The van der Waals surface area contributed by atoms with Crippen molar-refractivity contribution < 1.29 is 41.6 Å². The zero-order valence-electron chi connectivity index (χ0n) is 22.7. The molecule has 0 aromatic carbocycles. The highest BCUT2D eigenvalue weighted by molar-refractivity contribution is 7.90. The highest BCUT2D eigenvalue weighted by atomic mass is 32.2. The third-order valence-corrected chi connectivity index (χ3v) is 8.57. The first-order chi connectivity index (χ1) is 16.7. The van der Waals surface area contributed by atoms with Gasteiger partial charge in [0.1, 0.15) is 19.7 Å². The van der Waals surface area contributed by atoms with Gasteiger partial charge in [-0.1, -0.05) is 35.1 Å². The second-order valence-electron chi connectivity index (χ2n) is 9.98. The fourth-order valence-electron chi connectivity index (χ4n) is 4.62. The van der Waals surface area contributed by atoms with E-state index in [1.165, 1.54) is 19.4 Å². The number of hydrogen-bond acceptors (Lipinski definition) is 9. The van der Waals surface area contributed by atoms with Gasteiger partial charge in [-0.2, -0.15) is 0 Å². The van der Waals surface area contributed by atoms with Crippen LogP contribution < -0.4 is 15.7 Å². The van der Waals surface area contributed by atoms with Crippen LogP contribution in [0.4, 0.5) is 0 Å². The molecule has 2 aliphatic heterocycles. The van der Waals surface area contributed by atoms with Gasteiger partial charge >= 0.3 is 5.97 Å². The van der Waals surface area contributed by atoms with Gasteiger partial charge < -0.3 is 25.3 Å². The van der Waals surface area contributed by atoms with Crippen molar-refractivity contribution in [3.8, 4) is 0 Å². The molecule has 0 aromatic rings. The molecular weight excluding hydrogens is 532 g/mol. The summed E-state index contributed by atoms with van der Waals surface area (Å²) in [5.41, 5.74) is 0. The molecule has 0 radical (unpaired) electrons. The maximum Gasteiger partial charge on any atom is 0.302 e. The number of rotatable bonds is 12. The first-order valence-corrected chi connectivity index (χ1v) is 17.0. The molecule has 0 spiro atoms. The lowest BCUT2D eigenvalue weighted by Crippen LogP contribution is -2.81. The Hall–Kier alpha value is -1.24. The SMILES string of the molecule is C.C.CC(=O)OCCCCCC(=O)[O-].CCC1CNCC1CS(C)(=O)=O.CCC1C[NH2+]CC1CS(C)(=O)=O.